The molecule has 0 unspecified atom stereocenters. The second kappa shape index (κ2) is 41.3. The van der Waals surface area contributed by atoms with Gasteiger partial charge in [0.05, 0.1) is 0 Å². The summed E-state index contributed by atoms with van der Waals surface area (Å²) >= 11 is 0. The van der Waals surface area contributed by atoms with Gasteiger partial charge < -0.3 is 0 Å². The number of rotatable bonds is 0. The van der Waals surface area contributed by atoms with Gasteiger partial charge in [0.2, 0.25) is 0 Å². The Balaban J connectivity index is 0. The standard InChI is InChI=1S/4ClH.Ga.3H/h4*1H;;;;. The van der Waals surface area contributed by atoms with Gasteiger partial charge in [-0.2, -0.15) is 0 Å². The first-order valence-electron chi connectivity index (χ1n) is 0. The van der Waals surface area contributed by atoms with Crippen LogP contribution < -0.4 is 0 Å². The molecule has 0 aromatic carbocycles. The van der Waals surface area contributed by atoms with E-state index in [1.54, 1.807) is 0 Å². The average molecular weight is 219 g/mol. The van der Waals surface area contributed by atoms with Crippen molar-refractivity contribution in [1.29, 1.82) is 0 Å². The van der Waals surface area contributed by atoms with E-state index < -0.39 is 0 Å². The van der Waals surface area contributed by atoms with E-state index in [-0.39, 0.29) is 69.4 Å². The van der Waals surface area contributed by atoms with Crippen LogP contribution in [-0.2, 0) is 0 Å². The van der Waals surface area contributed by atoms with E-state index in [1.165, 1.54) is 0 Å². The molecule has 0 spiro atoms. The van der Waals surface area contributed by atoms with Crippen LogP contribution >= 0.6 is 49.6 Å². The summed E-state index contributed by atoms with van der Waals surface area (Å²) < 4.78 is 0. The van der Waals surface area contributed by atoms with E-state index in [4.69, 9.17) is 0 Å². The second-order valence-electron chi connectivity index (χ2n) is 0. The molecule has 0 atom stereocenters. The van der Waals surface area contributed by atoms with Crippen LogP contribution in [0.4, 0.5) is 0 Å². The molecule has 0 aromatic rings. The van der Waals surface area contributed by atoms with Crippen molar-refractivity contribution in [3.05, 3.63) is 0 Å². The van der Waals surface area contributed by atoms with Crippen molar-refractivity contribution >= 4 is 69.4 Å². The molecule has 0 aliphatic carbocycles. The van der Waals surface area contributed by atoms with Gasteiger partial charge in [0.25, 0.3) is 0 Å². The van der Waals surface area contributed by atoms with E-state index in [2.05, 4.69) is 0 Å². The van der Waals surface area contributed by atoms with Crippen LogP contribution in [0.2, 0.25) is 0 Å². The van der Waals surface area contributed by atoms with Crippen LogP contribution in [-0.4, -0.2) is 19.8 Å². The molecule has 0 nitrogen and oxygen atoms in total. The van der Waals surface area contributed by atoms with Crippen LogP contribution in [0.1, 0.15) is 0 Å². The molecule has 0 fully saturated rings. The van der Waals surface area contributed by atoms with Crippen LogP contribution in [0.15, 0.2) is 0 Å². The molecule has 5 heteroatoms. The van der Waals surface area contributed by atoms with Crippen molar-refractivity contribution in [2.45, 2.75) is 0 Å². The topological polar surface area (TPSA) is 0 Å². The molecule has 0 saturated heterocycles. The third-order valence-corrected chi connectivity index (χ3v) is 0. The molecule has 5 heavy (non-hydrogen) atoms. The Bertz CT molecular complexity index is 3.61. The fraction of sp³-hybridized carbons (Fsp3) is 0. The van der Waals surface area contributed by atoms with Gasteiger partial charge in [0.15, 0.2) is 0 Å². The molecule has 38 valence electrons. The summed E-state index contributed by atoms with van der Waals surface area (Å²) in [4.78, 5) is 0. The molecule has 0 radical (unpaired) electrons. The van der Waals surface area contributed by atoms with E-state index in [0.29, 0.717) is 0 Å². The zero-order valence-corrected chi connectivity index (χ0v) is 4.90. The number of hydrogen-bond donors (Lipinski definition) is 0. The normalized spacial score (nSPS) is 0. The van der Waals surface area contributed by atoms with Crippen LogP contribution in [0, 0.1) is 0 Å². The Morgan fingerprint density at radius 1 is 0.400 bits per heavy atom. The summed E-state index contributed by atoms with van der Waals surface area (Å²) in [5, 5.41) is 0. The molecular weight excluding hydrogens is 212 g/mol. The number of hydrogen-bond acceptors (Lipinski definition) is 0. The van der Waals surface area contributed by atoms with E-state index >= 15 is 0 Å². The van der Waals surface area contributed by atoms with Gasteiger partial charge in [-0.15, -0.1) is 49.6 Å². The minimum absolute atomic E-state index is 0. The van der Waals surface area contributed by atoms with Gasteiger partial charge in [-0.05, 0) is 0 Å². The van der Waals surface area contributed by atoms with Gasteiger partial charge in [-0.25, -0.2) is 0 Å². The number of halogens is 4. The van der Waals surface area contributed by atoms with Gasteiger partial charge in [-0.1, -0.05) is 0 Å². The maximum absolute atomic E-state index is 0. The van der Waals surface area contributed by atoms with Crippen LogP contribution in [0.25, 0.3) is 0 Å². The average Bonchev–Trinajstić information content (AvgIpc) is 0. The van der Waals surface area contributed by atoms with Crippen LogP contribution in [0.3, 0.4) is 0 Å². The SMILES string of the molecule is Cl.Cl.Cl.Cl.[GaH3]. The third-order valence-electron chi connectivity index (χ3n) is 0. The van der Waals surface area contributed by atoms with Gasteiger partial charge in [0, 0.05) is 0 Å². The first-order valence-corrected chi connectivity index (χ1v) is 0. The second-order valence-corrected chi connectivity index (χ2v) is 0. The van der Waals surface area contributed by atoms with Gasteiger partial charge in [0.1, 0.15) is 0 Å². The van der Waals surface area contributed by atoms with E-state index in [0.717, 1.165) is 0 Å². The molecule has 0 saturated carbocycles. The fourth-order valence-electron chi connectivity index (χ4n) is 0. The van der Waals surface area contributed by atoms with Gasteiger partial charge in [-0.3, -0.25) is 0 Å². The molecule has 0 bridgehead atoms. The molecule has 0 N–H and O–H groups in total. The van der Waals surface area contributed by atoms with Crippen molar-refractivity contribution in [3.63, 3.8) is 0 Å². The summed E-state index contributed by atoms with van der Waals surface area (Å²) in [6, 6.07) is 0. The molecule has 0 aliphatic heterocycles. The first-order chi connectivity index (χ1) is 0. The third kappa shape index (κ3) is 25.9. The van der Waals surface area contributed by atoms with Crippen molar-refractivity contribution in [1.82, 2.24) is 0 Å². The van der Waals surface area contributed by atoms with E-state index in [1.807, 2.05) is 0 Å². The Kier molecular flexibility index (Phi) is 585. The molecule has 0 aromatic heterocycles. The molecular formula is H7Cl4Ga. The van der Waals surface area contributed by atoms with E-state index in [9.17, 15) is 0 Å². The summed E-state index contributed by atoms with van der Waals surface area (Å²) in [6.45, 7) is 0. The minimum atomic E-state index is 0. The van der Waals surface area contributed by atoms with Crippen molar-refractivity contribution in [2.75, 3.05) is 0 Å². The zero-order chi connectivity index (χ0) is 0. The van der Waals surface area contributed by atoms with Crippen LogP contribution in [0.5, 0.6) is 0 Å². The van der Waals surface area contributed by atoms with Crippen molar-refractivity contribution in [3.8, 4) is 0 Å². The fourth-order valence-corrected chi connectivity index (χ4v) is 0. The molecule has 0 amide bonds. The predicted octanol–water partition coefficient (Wildman–Crippen LogP) is 0.503. The Morgan fingerprint density at radius 3 is 0.400 bits per heavy atom. The molecule has 0 heterocycles. The summed E-state index contributed by atoms with van der Waals surface area (Å²) in [6.07, 6.45) is 0. The molecule has 0 rings (SSSR count). The Morgan fingerprint density at radius 2 is 0.400 bits per heavy atom. The maximum atomic E-state index is 0. The van der Waals surface area contributed by atoms with Gasteiger partial charge >= 0.3 is 19.8 Å². The first kappa shape index (κ1) is 70.8. The summed E-state index contributed by atoms with van der Waals surface area (Å²) in [5.74, 6) is 0. The Hall–Kier alpha value is 1.80. The zero-order valence-electron chi connectivity index (χ0n) is 1.63. The van der Waals surface area contributed by atoms with Crippen molar-refractivity contribution in [2.24, 2.45) is 0 Å². The monoisotopic (exact) mass is 216 g/mol. The molecule has 0 aliphatic rings. The van der Waals surface area contributed by atoms with Crippen molar-refractivity contribution < 1.29 is 0 Å². The summed E-state index contributed by atoms with van der Waals surface area (Å²) in [5.41, 5.74) is 0. The Labute approximate surface area is 69.2 Å². The summed E-state index contributed by atoms with van der Waals surface area (Å²) in [7, 11) is 0. The quantitative estimate of drug-likeness (QED) is 0.520. The predicted molar refractivity (Wildman–Crippen MR) is 38.9 cm³/mol.